The molecule has 0 bridgehead atoms. The third-order valence-corrected chi connectivity index (χ3v) is 10.1. The van der Waals surface area contributed by atoms with Gasteiger partial charge in [0.15, 0.2) is 5.13 Å². The molecule has 4 aromatic rings. The molecular weight excluding hydrogens is 526 g/mol. The summed E-state index contributed by atoms with van der Waals surface area (Å²) in [5.41, 5.74) is 4.20. The number of hydrogen-bond acceptors (Lipinski definition) is 5. The normalized spacial score (nSPS) is 15.2. The van der Waals surface area contributed by atoms with Crippen molar-refractivity contribution in [3.8, 4) is 0 Å². The fraction of sp³-hybridized carbons (Fsp3) is 0.286. The van der Waals surface area contributed by atoms with Gasteiger partial charge in [-0.05, 0) is 73.7 Å². The zero-order valence-electron chi connectivity index (χ0n) is 20.7. The maximum atomic E-state index is 13.9. The highest BCUT2D eigenvalue weighted by atomic mass is 35.5. The highest BCUT2D eigenvalue weighted by molar-refractivity contribution is 7.89. The van der Waals surface area contributed by atoms with Crippen molar-refractivity contribution in [2.75, 3.05) is 18.0 Å². The molecule has 5 rings (SSSR count). The molecule has 192 valence electrons. The van der Waals surface area contributed by atoms with E-state index in [-0.39, 0.29) is 16.7 Å². The van der Waals surface area contributed by atoms with Gasteiger partial charge in [-0.15, -0.1) is 0 Å². The molecule has 2 heterocycles. The van der Waals surface area contributed by atoms with Gasteiger partial charge in [-0.3, -0.25) is 9.69 Å². The van der Waals surface area contributed by atoms with Crippen LogP contribution in [0.5, 0.6) is 0 Å². The molecule has 0 aliphatic carbocycles. The molecule has 1 saturated heterocycles. The van der Waals surface area contributed by atoms with E-state index in [1.54, 1.807) is 17.0 Å². The van der Waals surface area contributed by atoms with Crippen LogP contribution in [-0.4, -0.2) is 36.7 Å². The van der Waals surface area contributed by atoms with E-state index in [0.29, 0.717) is 42.6 Å². The van der Waals surface area contributed by atoms with Gasteiger partial charge in [0, 0.05) is 24.0 Å². The first kappa shape index (κ1) is 25.9. The number of piperidine rings is 1. The predicted molar refractivity (Wildman–Crippen MR) is 150 cm³/mol. The van der Waals surface area contributed by atoms with Crippen LogP contribution in [0.3, 0.4) is 0 Å². The number of thiazole rings is 1. The second kappa shape index (κ2) is 10.5. The summed E-state index contributed by atoms with van der Waals surface area (Å²) in [6.07, 6.45) is 0.917. The summed E-state index contributed by atoms with van der Waals surface area (Å²) in [6.45, 7) is 5.11. The van der Waals surface area contributed by atoms with E-state index in [4.69, 9.17) is 16.6 Å². The van der Waals surface area contributed by atoms with Gasteiger partial charge in [-0.25, -0.2) is 13.4 Å². The van der Waals surface area contributed by atoms with Crippen LogP contribution < -0.4 is 4.90 Å². The number of anilines is 1. The number of fused-ring (bicyclic) bond motifs is 1. The van der Waals surface area contributed by atoms with Gasteiger partial charge in [0.05, 0.1) is 21.7 Å². The van der Waals surface area contributed by atoms with Gasteiger partial charge >= 0.3 is 0 Å². The van der Waals surface area contributed by atoms with E-state index >= 15 is 0 Å². The number of carbonyl (C=O) groups is 1. The highest BCUT2D eigenvalue weighted by Crippen LogP contribution is 2.35. The average molecular weight is 554 g/mol. The fourth-order valence-electron chi connectivity index (χ4n) is 4.81. The van der Waals surface area contributed by atoms with Gasteiger partial charge in [0.2, 0.25) is 15.9 Å². The van der Waals surface area contributed by atoms with E-state index in [2.05, 4.69) is 13.0 Å². The number of halogens is 1. The second-order valence-corrected chi connectivity index (χ2v) is 12.8. The Kier molecular flexibility index (Phi) is 7.36. The van der Waals surface area contributed by atoms with E-state index in [1.165, 1.54) is 27.8 Å². The number of rotatable bonds is 6. The predicted octanol–water partition coefficient (Wildman–Crippen LogP) is 6.20. The Labute approximate surface area is 226 Å². The van der Waals surface area contributed by atoms with E-state index < -0.39 is 10.0 Å². The zero-order valence-corrected chi connectivity index (χ0v) is 23.1. The van der Waals surface area contributed by atoms with Crippen LogP contribution in [0.15, 0.2) is 71.6 Å². The average Bonchev–Trinajstić information content (AvgIpc) is 3.32. The summed E-state index contributed by atoms with van der Waals surface area (Å²) in [5.74, 6) is -0.295. The number of aromatic nitrogens is 1. The minimum Gasteiger partial charge on any atom is -0.283 e. The van der Waals surface area contributed by atoms with Gasteiger partial charge in [-0.2, -0.15) is 4.31 Å². The number of amides is 1. The molecular formula is C28H28ClN3O3S2. The first-order valence-corrected chi connectivity index (χ1v) is 14.8. The molecule has 1 aliphatic rings. The minimum atomic E-state index is -3.64. The number of hydrogen-bond donors (Lipinski definition) is 0. The van der Waals surface area contributed by atoms with Gasteiger partial charge in [0.1, 0.15) is 0 Å². The Balaban J connectivity index is 1.39. The van der Waals surface area contributed by atoms with Crippen molar-refractivity contribution in [2.45, 2.75) is 38.1 Å². The maximum absolute atomic E-state index is 13.9. The van der Waals surface area contributed by atoms with Crippen LogP contribution >= 0.6 is 22.9 Å². The van der Waals surface area contributed by atoms with Gasteiger partial charge < -0.3 is 0 Å². The standard InChI is InChI=1S/C28H28ClN3O3S2/c1-19-16-20(2)26-25(17-19)30-28(36-26)32(18-21-6-4-3-5-7-21)27(33)22-12-14-31(15-13-22)37(34,35)24-10-8-23(29)9-11-24/h3-11,16-17,22H,12-15,18H2,1-2H3. The Hall–Kier alpha value is -2.78. The third-order valence-electron chi connectivity index (χ3n) is 6.74. The Morgan fingerprint density at radius 1 is 1.05 bits per heavy atom. The van der Waals surface area contributed by atoms with Gasteiger partial charge in [0.25, 0.3) is 0 Å². The number of nitrogens with zero attached hydrogens (tertiary/aromatic N) is 3. The first-order chi connectivity index (χ1) is 17.7. The first-order valence-electron chi connectivity index (χ1n) is 12.2. The third kappa shape index (κ3) is 5.43. The zero-order chi connectivity index (χ0) is 26.2. The van der Waals surface area contributed by atoms with Crippen LogP contribution in [0.25, 0.3) is 10.2 Å². The topological polar surface area (TPSA) is 70.6 Å². The van der Waals surface area contributed by atoms with Crippen molar-refractivity contribution in [3.63, 3.8) is 0 Å². The van der Waals surface area contributed by atoms with Crippen molar-refractivity contribution >= 4 is 54.2 Å². The molecule has 9 heteroatoms. The summed E-state index contributed by atoms with van der Waals surface area (Å²) in [4.78, 5) is 20.8. The molecule has 0 atom stereocenters. The van der Waals surface area contributed by atoms with Crippen LogP contribution in [0.2, 0.25) is 5.02 Å². The van der Waals surface area contributed by atoms with Crippen molar-refractivity contribution in [1.29, 1.82) is 0 Å². The van der Waals surface area contributed by atoms with E-state index in [1.807, 2.05) is 43.3 Å². The molecule has 0 saturated carbocycles. The molecule has 0 unspecified atom stereocenters. The summed E-state index contributed by atoms with van der Waals surface area (Å²) in [7, 11) is -3.64. The van der Waals surface area contributed by atoms with Crippen LogP contribution in [0, 0.1) is 19.8 Å². The lowest BCUT2D eigenvalue weighted by Crippen LogP contribution is -2.44. The second-order valence-electron chi connectivity index (χ2n) is 9.47. The molecule has 6 nitrogen and oxygen atoms in total. The molecule has 1 amide bonds. The summed E-state index contributed by atoms with van der Waals surface area (Å²) in [6, 6.07) is 20.3. The van der Waals surface area contributed by atoms with Gasteiger partial charge in [-0.1, -0.05) is 59.3 Å². The van der Waals surface area contributed by atoms with Crippen molar-refractivity contribution in [1.82, 2.24) is 9.29 Å². The molecule has 1 aliphatic heterocycles. The Bertz CT molecular complexity index is 1530. The van der Waals surface area contributed by atoms with E-state index in [0.717, 1.165) is 26.9 Å². The lowest BCUT2D eigenvalue weighted by atomic mass is 9.96. The SMILES string of the molecule is Cc1cc(C)c2sc(N(Cc3ccccc3)C(=O)C3CCN(S(=O)(=O)c4ccc(Cl)cc4)CC3)nc2c1. The molecule has 3 aromatic carbocycles. The number of carbonyl (C=O) groups excluding carboxylic acids is 1. The minimum absolute atomic E-state index is 0.0131. The quantitative estimate of drug-likeness (QED) is 0.285. The molecule has 0 spiro atoms. The van der Waals surface area contributed by atoms with Crippen LogP contribution in [0.4, 0.5) is 5.13 Å². The maximum Gasteiger partial charge on any atom is 0.243 e. The summed E-state index contributed by atoms with van der Waals surface area (Å²) in [5, 5.41) is 1.16. The number of benzene rings is 3. The lowest BCUT2D eigenvalue weighted by molar-refractivity contribution is -0.123. The largest absolute Gasteiger partial charge is 0.283 e. The summed E-state index contributed by atoms with van der Waals surface area (Å²) >= 11 is 7.46. The number of sulfonamides is 1. The molecule has 0 N–H and O–H groups in total. The van der Waals surface area contributed by atoms with Crippen molar-refractivity contribution in [2.24, 2.45) is 5.92 Å². The van der Waals surface area contributed by atoms with Crippen molar-refractivity contribution in [3.05, 3.63) is 88.4 Å². The number of aryl methyl sites for hydroxylation is 2. The molecule has 1 fully saturated rings. The van der Waals surface area contributed by atoms with E-state index in [9.17, 15) is 13.2 Å². The summed E-state index contributed by atoms with van der Waals surface area (Å²) < 4.78 is 28.8. The molecule has 0 radical (unpaired) electrons. The Morgan fingerprint density at radius 2 is 1.73 bits per heavy atom. The smallest absolute Gasteiger partial charge is 0.243 e. The molecule has 37 heavy (non-hydrogen) atoms. The fourth-order valence-corrected chi connectivity index (χ4v) is 7.42. The molecule has 1 aromatic heterocycles. The van der Waals surface area contributed by atoms with Crippen LogP contribution in [0.1, 0.15) is 29.5 Å². The van der Waals surface area contributed by atoms with Crippen molar-refractivity contribution < 1.29 is 13.2 Å². The highest BCUT2D eigenvalue weighted by Gasteiger charge is 2.35. The lowest BCUT2D eigenvalue weighted by Gasteiger charge is -2.33. The Morgan fingerprint density at radius 3 is 2.41 bits per heavy atom. The van der Waals surface area contributed by atoms with Crippen LogP contribution in [-0.2, 0) is 21.4 Å². The monoisotopic (exact) mass is 553 g/mol.